The highest BCUT2D eigenvalue weighted by molar-refractivity contribution is 6.15. The number of H-pyrrole nitrogens is 1. The number of hydrogen-bond acceptors (Lipinski definition) is 4. The highest BCUT2D eigenvalue weighted by Gasteiger charge is 2.28. The summed E-state index contributed by atoms with van der Waals surface area (Å²) in [6, 6.07) is 14.6. The van der Waals surface area contributed by atoms with Crippen LogP contribution in [-0.2, 0) is 4.79 Å². The third-order valence-corrected chi connectivity index (χ3v) is 4.68. The van der Waals surface area contributed by atoms with Gasteiger partial charge in [-0.05, 0) is 25.1 Å². The van der Waals surface area contributed by atoms with Crippen LogP contribution in [0.15, 0.2) is 48.5 Å². The molecule has 0 aliphatic rings. The van der Waals surface area contributed by atoms with Gasteiger partial charge in [0.2, 0.25) is 5.91 Å². The SMILES string of the molecule is CC(=O)Oc1c(-c2[nH]c3ccccc3c2C(C)=O)n(C(C)=O)c2ccccc12. The van der Waals surface area contributed by atoms with Gasteiger partial charge in [0.15, 0.2) is 11.5 Å². The molecule has 0 spiro atoms. The number of carbonyl (C=O) groups excluding carboxylic acids is 3. The summed E-state index contributed by atoms with van der Waals surface area (Å²) in [5, 5.41) is 1.37. The van der Waals surface area contributed by atoms with E-state index in [4.69, 9.17) is 4.74 Å². The Morgan fingerprint density at radius 1 is 0.893 bits per heavy atom. The molecule has 4 rings (SSSR count). The summed E-state index contributed by atoms with van der Waals surface area (Å²) in [7, 11) is 0. The van der Waals surface area contributed by atoms with Gasteiger partial charge in [0, 0.05) is 30.1 Å². The summed E-state index contributed by atoms with van der Waals surface area (Å²) in [5.41, 5.74) is 2.64. The molecule has 0 aliphatic carbocycles. The number of para-hydroxylation sites is 2. The summed E-state index contributed by atoms with van der Waals surface area (Å²) >= 11 is 0. The van der Waals surface area contributed by atoms with Crippen molar-refractivity contribution in [2.75, 3.05) is 0 Å². The van der Waals surface area contributed by atoms with Crippen molar-refractivity contribution < 1.29 is 19.1 Å². The van der Waals surface area contributed by atoms with Crippen LogP contribution in [0, 0.1) is 0 Å². The highest BCUT2D eigenvalue weighted by atomic mass is 16.5. The molecule has 28 heavy (non-hydrogen) atoms. The molecule has 0 fully saturated rings. The van der Waals surface area contributed by atoms with E-state index in [2.05, 4.69) is 4.98 Å². The molecule has 2 heterocycles. The fourth-order valence-corrected chi connectivity index (χ4v) is 3.69. The Hall–Kier alpha value is -3.67. The van der Waals surface area contributed by atoms with Gasteiger partial charge in [0.05, 0.1) is 16.8 Å². The molecule has 6 nitrogen and oxygen atoms in total. The first-order valence-corrected chi connectivity index (χ1v) is 8.85. The third-order valence-electron chi connectivity index (χ3n) is 4.68. The van der Waals surface area contributed by atoms with Gasteiger partial charge >= 0.3 is 5.97 Å². The standard InChI is InChI=1S/C22H18N2O4/c1-12(25)19-15-8-4-6-10-17(15)23-20(19)21-22(28-14(3)27)16-9-5-7-11-18(16)24(21)13(2)26/h4-11,23H,1-3H3. The molecule has 2 aromatic heterocycles. The van der Waals surface area contributed by atoms with Crippen molar-refractivity contribution in [3.63, 3.8) is 0 Å². The number of hydrogen-bond donors (Lipinski definition) is 1. The highest BCUT2D eigenvalue weighted by Crippen LogP contribution is 2.42. The van der Waals surface area contributed by atoms with Gasteiger partial charge in [-0.25, -0.2) is 0 Å². The van der Waals surface area contributed by atoms with E-state index in [1.54, 1.807) is 24.3 Å². The summed E-state index contributed by atoms with van der Waals surface area (Å²) in [5.74, 6) is -0.653. The van der Waals surface area contributed by atoms with Crippen molar-refractivity contribution in [1.29, 1.82) is 0 Å². The summed E-state index contributed by atoms with van der Waals surface area (Å²) in [4.78, 5) is 40.2. The second kappa shape index (κ2) is 6.49. The zero-order valence-electron chi connectivity index (χ0n) is 15.7. The van der Waals surface area contributed by atoms with Crippen LogP contribution >= 0.6 is 0 Å². The Labute approximate surface area is 160 Å². The van der Waals surface area contributed by atoms with Gasteiger partial charge < -0.3 is 9.72 Å². The number of nitrogens with zero attached hydrogens (tertiary/aromatic N) is 1. The number of ketones is 1. The fraction of sp³-hybridized carbons (Fsp3) is 0.136. The largest absolute Gasteiger partial charge is 0.424 e. The number of benzene rings is 2. The smallest absolute Gasteiger partial charge is 0.308 e. The van der Waals surface area contributed by atoms with Gasteiger partial charge in [-0.2, -0.15) is 0 Å². The minimum absolute atomic E-state index is 0.151. The molecule has 0 atom stereocenters. The lowest BCUT2D eigenvalue weighted by atomic mass is 10.0. The lowest BCUT2D eigenvalue weighted by molar-refractivity contribution is -0.131. The van der Waals surface area contributed by atoms with Crippen molar-refractivity contribution in [2.24, 2.45) is 0 Å². The van der Waals surface area contributed by atoms with E-state index in [-0.39, 0.29) is 17.4 Å². The van der Waals surface area contributed by atoms with Gasteiger partial charge in [0.1, 0.15) is 5.69 Å². The maximum atomic E-state index is 12.6. The first-order valence-electron chi connectivity index (χ1n) is 8.85. The Bertz CT molecular complexity index is 1280. The fourth-order valence-electron chi connectivity index (χ4n) is 3.69. The van der Waals surface area contributed by atoms with Gasteiger partial charge in [-0.1, -0.05) is 30.3 Å². The molecule has 6 heteroatoms. The Balaban J connectivity index is 2.20. The van der Waals surface area contributed by atoms with Crippen LogP contribution in [0.25, 0.3) is 33.2 Å². The second-order valence-electron chi connectivity index (χ2n) is 6.62. The number of esters is 1. The monoisotopic (exact) mass is 374 g/mol. The summed E-state index contributed by atoms with van der Waals surface area (Å²) in [6.45, 7) is 4.22. The van der Waals surface area contributed by atoms with Gasteiger partial charge in [-0.15, -0.1) is 0 Å². The molecule has 0 aliphatic heterocycles. The average Bonchev–Trinajstić information content (AvgIpc) is 3.17. The van der Waals surface area contributed by atoms with Crippen LogP contribution in [0.5, 0.6) is 5.75 Å². The Morgan fingerprint density at radius 2 is 1.54 bits per heavy atom. The molecular formula is C22H18N2O4. The molecule has 4 aromatic rings. The van der Waals surface area contributed by atoms with Crippen LogP contribution < -0.4 is 4.74 Å². The zero-order chi connectivity index (χ0) is 20.0. The number of nitrogens with one attached hydrogen (secondary N) is 1. The van der Waals surface area contributed by atoms with E-state index in [9.17, 15) is 14.4 Å². The molecule has 0 radical (unpaired) electrons. The van der Waals surface area contributed by atoms with Crippen LogP contribution in [0.3, 0.4) is 0 Å². The summed E-state index contributed by atoms with van der Waals surface area (Å²) in [6.07, 6.45) is 0. The van der Waals surface area contributed by atoms with E-state index in [1.807, 2.05) is 24.3 Å². The number of aromatic amines is 1. The molecule has 0 amide bonds. The van der Waals surface area contributed by atoms with Crippen molar-refractivity contribution in [3.8, 4) is 17.1 Å². The number of Topliss-reactive ketones (excluding diaryl/α,β-unsaturated/α-hetero) is 1. The molecule has 140 valence electrons. The van der Waals surface area contributed by atoms with Crippen molar-refractivity contribution in [2.45, 2.75) is 20.8 Å². The Morgan fingerprint density at radius 3 is 2.18 bits per heavy atom. The predicted molar refractivity (Wildman–Crippen MR) is 107 cm³/mol. The molecule has 2 aromatic carbocycles. The third kappa shape index (κ3) is 2.62. The first-order chi connectivity index (χ1) is 13.4. The number of carbonyl (C=O) groups is 3. The van der Waals surface area contributed by atoms with E-state index in [1.165, 1.54) is 25.3 Å². The normalized spacial score (nSPS) is 11.1. The van der Waals surface area contributed by atoms with Crippen LogP contribution in [0.4, 0.5) is 0 Å². The maximum Gasteiger partial charge on any atom is 0.308 e. The summed E-state index contributed by atoms with van der Waals surface area (Å²) < 4.78 is 7.01. The van der Waals surface area contributed by atoms with E-state index in [0.717, 1.165) is 10.9 Å². The van der Waals surface area contributed by atoms with Gasteiger partial charge in [0.25, 0.3) is 0 Å². The van der Waals surface area contributed by atoms with E-state index in [0.29, 0.717) is 27.9 Å². The maximum absolute atomic E-state index is 12.6. The lowest BCUT2D eigenvalue weighted by Crippen LogP contribution is -2.10. The Kier molecular flexibility index (Phi) is 4.11. The number of rotatable bonds is 3. The number of fused-ring (bicyclic) bond motifs is 2. The lowest BCUT2D eigenvalue weighted by Gasteiger charge is -2.09. The minimum atomic E-state index is -0.506. The van der Waals surface area contributed by atoms with E-state index < -0.39 is 5.97 Å². The van der Waals surface area contributed by atoms with E-state index >= 15 is 0 Å². The quantitative estimate of drug-likeness (QED) is 0.420. The number of ether oxygens (including phenoxy) is 1. The molecule has 0 bridgehead atoms. The van der Waals surface area contributed by atoms with Crippen molar-refractivity contribution in [3.05, 3.63) is 54.1 Å². The second-order valence-corrected chi connectivity index (χ2v) is 6.62. The zero-order valence-corrected chi connectivity index (χ0v) is 15.7. The first kappa shape index (κ1) is 17.7. The van der Waals surface area contributed by atoms with Gasteiger partial charge in [-0.3, -0.25) is 19.0 Å². The van der Waals surface area contributed by atoms with Crippen LogP contribution in [0.2, 0.25) is 0 Å². The number of aromatic nitrogens is 2. The molecule has 0 saturated heterocycles. The van der Waals surface area contributed by atoms with Crippen LogP contribution in [0.1, 0.15) is 35.9 Å². The molecule has 1 N–H and O–H groups in total. The van der Waals surface area contributed by atoms with Crippen LogP contribution in [-0.4, -0.2) is 27.2 Å². The minimum Gasteiger partial charge on any atom is -0.424 e. The predicted octanol–water partition coefficient (Wildman–Crippen LogP) is 4.58. The molecule has 0 unspecified atom stereocenters. The molecule has 0 saturated carbocycles. The average molecular weight is 374 g/mol. The van der Waals surface area contributed by atoms with Crippen molar-refractivity contribution >= 4 is 39.5 Å². The topological polar surface area (TPSA) is 81.2 Å². The van der Waals surface area contributed by atoms with Crippen molar-refractivity contribution in [1.82, 2.24) is 9.55 Å². The molecular weight excluding hydrogens is 356 g/mol.